The summed E-state index contributed by atoms with van der Waals surface area (Å²) in [5.74, 6) is 2.97. The van der Waals surface area contributed by atoms with E-state index in [0.717, 1.165) is 54.2 Å². The third kappa shape index (κ3) is 2.65. The highest BCUT2D eigenvalue weighted by molar-refractivity contribution is 5.77. The van der Waals surface area contributed by atoms with E-state index in [1.54, 1.807) is 0 Å². The van der Waals surface area contributed by atoms with E-state index in [-0.39, 0.29) is 12.1 Å². The van der Waals surface area contributed by atoms with E-state index in [1.165, 1.54) is 0 Å². The lowest BCUT2D eigenvalue weighted by Crippen LogP contribution is -2.30. The van der Waals surface area contributed by atoms with Gasteiger partial charge in [0, 0.05) is 18.4 Å². The van der Waals surface area contributed by atoms with Crippen molar-refractivity contribution in [3.63, 3.8) is 0 Å². The molecular weight excluding hydrogens is 288 g/mol. The normalized spacial score (nSPS) is 19.0. The lowest BCUT2D eigenvalue weighted by molar-refractivity contribution is 0.326. The van der Waals surface area contributed by atoms with E-state index in [4.69, 9.17) is 9.40 Å². The van der Waals surface area contributed by atoms with Crippen molar-refractivity contribution in [2.24, 2.45) is 0 Å². The molecule has 0 radical (unpaired) electrons. The van der Waals surface area contributed by atoms with Gasteiger partial charge in [-0.1, -0.05) is 25.1 Å². The predicted molar refractivity (Wildman–Crippen MR) is 89.1 cm³/mol. The highest BCUT2D eigenvalue weighted by Gasteiger charge is 2.26. The van der Waals surface area contributed by atoms with E-state index in [2.05, 4.69) is 41.1 Å². The maximum atomic E-state index is 5.98. The Hall–Kier alpha value is -2.14. The van der Waals surface area contributed by atoms with Crippen molar-refractivity contribution in [1.29, 1.82) is 0 Å². The van der Waals surface area contributed by atoms with Crippen LogP contribution in [0.25, 0.3) is 11.0 Å². The summed E-state index contributed by atoms with van der Waals surface area (Å²) in [4.78, 5) is 4.70. The van der Waals surface area contributed by atoms with Gasteiger partial charge in [-0.05, 0) is 31.9 Å². The molecule has 0 aliphatic carbocycles. The quantitative estimate of drug-likeness (QED) is 0.797. The minimum Gasteiger partial charge on any atom is -0.459 e. The van der Waals surface area contributed by atoms with Crippen LogP contribution < -0.4 is 5.32 Å². The smallest absolute Gasteiger partial charge is 0.150 e. The van der Waals surface area contributed by atoms with Crippen LogP contribution in [0.3, 0.4) is 0 Å². The van der Waals surface area contributed by atoms with Gasteiger partial charge < -0.3 is 4.42 Å². The molecule has 23 heavy (non-hydrogen) atoms. The fourth-order valence-electron chi connectivity index (χ4n) is 3.31. The van der Waals surface area contributed by atoms with Crippen LogP contribution in [0.5, 0.6) is 0 Å². The molecule has 1 aliphatic rings. The molecule has 2 atom stereocenters. The number of aryl methyl sites for hydroxylation is 2. The number of hydrogen-bond donors (Lipinski definition) is 1. The summed E-state index contributed by atoms with van der Waals surface area (Å²) < 4.78 is 8.04. The first-order valence-electron chi connectivity index (χ1n) is 8.42. The van der Waals surface area contributed by atoms with Gasteiger partial charge >= 0.3 is 0 Å². The molecule has 5 heteroatoms. The van der Waals surface area contributed by atoms with E-state index in [9.17, 15) is 0 Å². The zero-order valence-electron chi connectivity index (χ0n) is 13.6. The lowest BCUT2D eigenvalue weighted by atomic mass is 10.1. The number of rotatable bonds is 4. The van der Waals surface area contributed by atoms with Crippen LogP contribution in [-0.4, -0.2) is 14.8 Å². The first-order valence-corrected chi connectivity index (χ1v) is 8.42. The van der Waals surface area contributed by atoms with E-state index in [1.807, 2.05) is 18.2 Å². The van der Waals surface area contributed by atoms with Gasteiger partial charge in [-0.2, -0.15) is 5.10 Å². The van der Waals surface area contributed by atoms with Crippen molar-refractivity contribution in [3.05, 3.63) is 47.7 Å². The Morgan fingerprint density at radius 1 is 1.39 bits per heavy atom. The van der Waals surface area contributed by atoms with Crippen LogP contribution in [0, 0.1) is 0 Å². The maximum absolute atomic E-state index is 5.98. The summed E-state index contributed by atoms with van der Waals surface area (Å²) in [6.45, 7) is 5.22. The standard InChI is InChI=1S/C18H22N4O/c1-3-17-20-18-14(8-6-10-22(18)21-17)19-12(2)16-11-13-7-4-5-9-15(13)23-16/h4-5,7,9,11-12,14,19H,3,6,8,10H2,1-2H3. The average Bonchev–Trinajstić information content (AvgIpc) is 3.19. The molecule has 3 heterocycles. The van der Waals surface area contributed by atoms with Crippen LogP contribution >= 0.6 is 0 Å². The maximum Gasteiger partial charge on any atom is 0.150 e. The summed E-state index contributed by atoms with van der Waals surface area (Å²) in [5, 5.41) is 9.40. The molecule has 2 aromatic heterocycles. The van der Waals surface area contributed by atoms with Crippen LogP contribution in [-0.2, 0) is 13.0 Å². The minimum absolute atomic E-state index is 0.140. The Balaban J connectivity index is 1.57. The Kier molecular flexibility index (Phi) is 3.65. The SMILES string of the molecule is CCc1nc2n(n1)CCCC2NC(C)c1cc2ccccc2o1. The number of benzene rings is 1. The second-order valence-electron chi connectivity index (χ2n) is 6.23. The number of furan rings is 1. The second-order valence-corrected chi connectivity index (χ2v) is 6.23. The van der Waals surface area contributed by atoms with Gasteiger partial charge in [0.2, 0.25) is 0 Å². The Labute approximate surface area is 135 Å². The highest BCUT2D eigenvalue weighted by atomic mass is 16.3. The Bertz CT molecular complexity index is 786. The van der Waals surface area contributed by atoms with Gasteiger partial charge in [0.1, 0.15) is 17.2 Å². The van der Waals surface area contributed by atoms with Gasteiger partial charge in [-0.15, -0.1) is 0 Å². The number of fused-ring (bicyclic) bond motifs is 2. The number of hydrogen-bond acceptors (Lipinski definition) is 4. The third-order valence-electron chi connectivity index (χ3n) is 4.56. The Morgan fingerprint density at radius 3 is 3.09 bits per heavy atom. The summed E-state index contributed by atoms with van der Waals surface area (Å²) in [5.41, 5.74) is 0.941. The average molecular weight is 310 g/mol. The molecule has 2 unspecified atom stereocenters. The molecule has 1 N–H and O–H groups in total. The number of para-hydroxylation sites is 1. The molecule has 3 aromatic rings. The van der Waals surface area contributed by atoms with Gasteiger partial charge in [-0.3, -0.25) is 5.32 Å². The van der Waals surface area contributed by atoms with Crippen molar-refractivity contribution in [1.82, 2.24) is 20.1 Å². The van der Waals surface area contributed by atoms with E-state index >= 15 is 0 Å². The highest BCUT2D eigenvalue weighted by Crippen LogP contribution is 2.29. The predicted octanol–water partition coefficient (Wildman–Crippen LogP) is 3.77. The fraction of sp³-hybridized carbons (Fsp3) is 0.444. The van der Waals surface area contributed by atoms with Crippen LogP contribution in [0.2, 0.25) is 0 Å². The first-order chi connectivity index (χ1) is 11.2. The van der Waals surface area contributed by atoms with E-state index < -0.39 is 0 Å². The van der Waals surface area contributed by atoms with Gasteiger partial charge in [-0.25, -0.2) is 9.67 Å². The topological polar surface area (TPSA) is 55.9 Å². The second kappa shape index (κ2) is 5.81. The molecule has 0 bridgehead atoms. The Morgan fingerprint density at radius 2 is 2.26 bits per heavy atom. The number of nitrogens with one attached hydrogen (secondary N) is 1. The monoisotopic (exact) mass is 310 g/mol. The third-order valence-corrected chi connectivity index (χ3v) is 4.56. The molecule has 0 fully saturated rings. The molecule has 4 rings (SSSR count). The fourth-order valence-corrected chi connectivity index (χ4v) is 3.31. The van der Waals surface area contributed by atoms with Gasteiger partial charge in [0.15, 0.2) is 5.82 Å². The molecule has 0 spiro atoms. The van der Waals surface area contributed by atoms with Crippen molar-refractivity contribution in [2.75, 3.05) is 0 Å². The van der Waals surface area contributed by atoms with Crippen LogP contribution in [0.15, 0.2) is 34.7 Å². The van der Waals surface area contributed by atoms with Gasteiger partial charge in [0.25, 0.3) is 0 Å². The molecule has 0 saturated carbocycles. The molecular formula is C18H22N4O. The van der Waals surface area contributed by atoms with Crippen LogP contribution in [0.1, 0.15) is 56.2 Å². The number of aromatic nitrogens is 3. The van der Waals surface area contributed by atoms with Crippen molar-refractivity contribution < 1.29 is 4.42 Å². The van der Waals surface area contributed by atoms with E-state index in [0.29, 0.717) is 0 Å². The molecule has 5 nitrogen and oxygen atoms in total. The minimum atomic E-state index is 0.140. The number of nitrogens with zero attached hydrogens (tertiary/aromatic N) is 3. The lowest BCUT2D eigenvalue weighted by Gasteiger charge is -2.25. The summed E-state index contributed by atoms with van der Waals surface area (Å²) in [7, 11) is 0. The summed E-state index contributed by atoms with van der Waals surface area (Å²) >= 11 is 0. The van der Waals surface area contributed by atoms with Crippen molar-refractivity contribution >= 4 is 11.0 Å². The zero-order valence-corrected chi connectivity index (χ0v) is 13.6. The largest absolute Gasteiger partial charge is 0.459 e. The first kappa shape index (κ1) is 14.5. The molecule has 1 aromatic carbocycles. The molecule has 0 amide bonds. The summed E-state index contributed by atoms with van der Waals surface area (Å²) in [6.07, 6.45) is 3.10. The molecule has 1 aliphatic heterocycles. The van der Waals surface area contributed by atoms with Crippen molar-refractivity contribution in [3.8, 4) is 0 Å². The van der Waals surface area contributed by atoms with Gasteiger partial charge in [0.05, 0.1) is 12.1 Å². The molecule has 120 valence electrons. The summed E-state index contributed by atoms with van der Waals surface area (Å²) in [6, 6.07) is 10.6. The van der Waals surface area contributed by atoms with Crippen LogP contribution in [0.4, 0.5) is 0 Å². The molecule has 0 saturated heterocycles. The van der Waals surface area contributed by atoms with Crippen molar-refractivity contribution in [2.45, 2.75) is 51.7 Å². The zero-order chi connectivity index (χ0) is 15.8.